The lowest BCUT2D eigenvalue weighted by Crippen LogP contribution is -2.02. The first-order valence-corrected chi connectivity index (χ1v) is 12.5. The van der Waals surface area contributed by atoms with Crippen molar-refractivity contribution in [3.05, 3.63) is 85.8 Å². The number of halogens is 2. The summed E-state index contributed by atoms with van der Waals surface area (Å²) >= 11 is 7.20. The lowest BCUT2D eigenvalue weighted by Gasteiger charge is -2.17. The van der Waals surface area contributed by atoms with Crippen LogP contribution >= 0.6 is 31.9 Å². The quantitative estimate of drug-likeness (QED) is 0.265. The molecule has 0 aliphatic heterocycles. The van der Waals surface area contributed by atoms with E-state index < -0.39 is 0 Å². The number of methoxy groups -OCH3 is 1. The third-order valence-corrected chi connectivity index (χ3v) is 6.64. The molecule has 0 saturated carbocycles. The van der Waals surface area contributed by atoms with Crippen LogP contribution in [0.4, 0.5) is 0 Å². The molecule has 0 radical (unpaired) electrons. The van der Waals surface area contributed by atoms with Crippen LogP contribution in [0, 0.1) is 0 Å². The number of carbonyl (C=O) groups is 1. The maximum atomic E-state index is 11.5. The van der Waals surface area contributed by atoms with Gasteiger partial charge in [0, 0.05) is 12.0 Å². The molecule has 6 heteroatoms. The third kappa shape index (κ3) is 6.84. The van der Waals surface area contributed by atoms with Crippen LogP contribution < -0.4 is 4.74 Å². The van der Waals surface area contributed by atoms with Crippen LogP contribution in [0.2, 0.25) is 0 Å². The Morgan fingerprint density at radius 2 is 1.61 bits per heavy atom. The Labute approximate surface area is 212 Å². The van der Waals surface area contributed by atoms with Crippen molar-refractivity contribution in [3.63, 3.8) is 0 Å². The molecule has 0 aliphatic rings. The molecule has 0 amide bonds. The number of aromatic hydroxyl groups is 1. The van der Waals surface area contributed by atoms with Crippen molar-refractivity contribution in [2.45, 2.75) is 45.4 Å². The lowest BCUT2D eigenvalue weighted by atomic mass is 9.95. The van der Waals surface area contributed by atoms with E-state index in [1.54, 1.807) is 0 Å². The Kier molecular flexibility index (Phi) is 8.98. The van der Waals surface area contributed by atoms with Crippen molar-refractivity contribution >= 4 is 37.8 Å². The molecular weight excluding hydrogens is 548 g/mol. The van der Waals surface area contributed by atoms with Crippen molar-refractivity contribution in [1.82, 2.24) is 0 Å². The molecule has 0 spiro atoms. The first kappa shape index (κ1) is 25.3. The number of esters is 1. The van der Waals surface area contributed by atoms with E-state index in [1.165, 1.54) is 12.7 Å². The predicted molar refractivity (Wildman–Crippen MR) is 138 cm³/mol. The average molecular weight is 576 g/mol. The Bertz CT molecular complexity index is 1090. The number of phenolic OH excluding ortho intramolecular Hbond substituents is 1. The molecule has 3 aromatic rings. The number of carbonyl (C=O) groups excluding carboxylic acids is 1. The summed E-state index contributed by atoms with van der Waals surface area (Å²) in [6.07, 6.45) is 2.43. The molecule has 0 saturated heterocycles. The summed E-state index contributed by atoms with van der Waals surface area (Å²) in [7, 11) is 1.39. The molecule has 0 aliphatic carbocycles. The Morgan fingerprint density at radius 3 is 2.21 bits per heavy atom. The monoisotopic (exact) mass is 574 g/mol. The zero-order valence-corrected chi connectivity index (χ0v) is 22.2. The number of hydrogen-bond donors (Lipinski definition) is 1. The summed E-state index contributed by atoms with van der Waals surface area (Å²) in [5, 5.41) is 10.9. The van der Waals surface area contributed by atoms with Gasteiger partial charge in [0.1, 0.15) is 11.5 Å². The molecular formula is C27H28Br2O4. The first-order valence-electron chi connectivity index (χ1n) is 10.9. The second-order valence-electron chi connectivity index (χ2n) is 8.23. The van der Waals surface area contributed by atoms with E-state index in [2.05, 4.69) is 57.8 Å². The Balaban J connectivity index is 1.86. The van der Waals surface area contributed by atoms with E-state index in [-0.39, 0.29) is 11.9 Å². The normalized spacial score (nSPS) is 11.0. The van der Waals surface area contributed by atoms with E-state index in [1.807, 2.05) is 42.5 Å². The van der Waals surface area contributed by atoms with Crippen LogP contribution in [0.15, 0.2) is 63.5 Å². The second-order valence-corrected chi connectivity index (χ2v) is 9.94. The fraction of sp³-hybridized carbons (Fsp3) is 0.296. The lowest BCUT2D eigenvalue weighted by molar-refractivity contribution is -0.140. The minimum atomic E-state index is -0.240. The Hall–Kier alpha value is -2.31. The maximum absolute atomic E-state index is 11.5. The van der Waals surface area contributed by atoms with Crippen molar-refractivity contribution in [3.8, 4) is 17.2 Å². The van der Waals surface area contributed by atoms with Gasteiger partial charge in [-0.2, -0.15) is 0 Å². The van der Waals surface area contributed by atoms with Crippen molar-refractivity contribution in [2.24, 2.45) is 0 Å². The van der Waals surface area contributed by atoms with E-state index in [0.29, 0.717) is 36.5 Å². The predicted octanol–water partition coefficient (Wildman–Crippen LogP) is 7.72. The SMILES string of the molecule is COC(=O)CCc1cc(Br)c(Oc2cc(CCc3ccccc3)c(O)c(C(C)C)c2)c(Br)c1. The van der Waals surface area contributed by atoms with Gasteiger partial charge in [-0.25, -0.2) is 0 Å². The highest BCUT2D eigenvalue weighted by molar-refractivity contribution is 9.11. The highest BCUT2D eigenvalue weighted by Gasteiger charge is 2.17. The first-order chi connectivity index (χ1) is 15.8. The van der Waals surface area contributed by atoms with Gasteiger partial charge < -0.3 is 14.6 Å². The maximum Gasteiger partial charge on any atom is 0.305 e. The van der Waals surface area contributed by atoms with Gasteiger partial charge in [0.2, 0.25) is 0 Å². The highest BCUT2D eigenvalue weighted by atomic mass is 79.9. The van der Waals surface area contributed by atoms with Crippen LogP contribution in [-0.2, 0) is 28.8 Å². The van der Waals surface area contributed by atoms with E-state index in [4.69, 9.17) is 9.47 Å². The van der Waals surface area contributed by atoms with Crippen LogP contribution in [0.5, 0.6) is 17.2 Å². The van der Waals surface area contributed by atoms with E-state index >= 15 is 0 Å². The summed E-state index contributed by atoms with van der Waals surface area (Å²) in [6.45, 7) is 4.11. The van der Waals surface area contributed by atoms with Gasteiger partial charge in [-0.3, -0.25) is 4.79 Å². The van der Waals surface area contributed by atoms with Crippen molar-refractivity contribution in [1.29, 1.82) is 0 Å². The largest absolute Gasteiger partial charge is 0.507 e. The molecule has 0 heterocycles. The molecule has 33 heavy (non-hydrogen) atoms. The van der Waals surface area contributed by atoms with Crippen LogP contribution in [0.25, 0.3) is 0 Å². The topological polar surface area (TPSA) is 55.8 Å². The number of phenols is 1. The molecule has 0 unspecified atom stereocenters. The van der Waals surface area contributed by atoms with E-state index in [0.717, 1.165) is 32.1 Å². The van der Waals surface area contributed by atoms with Crippen LogP contribution in [-0.4, -0.2) is 18.2 Å². The smallest absolute Gasteiger partial charge is 0.305 e. The zero-order chi connectivity index (χ0) is 24.0. The minimum absolute atomic E-state index is 0.150. The number of hydrogen-bond acceptors (Lipinski definition) is 4. The molecule has 0 atom stereocenters. The molecule has 0 fully saturated rings. The average Bonchev–Trinajstić information content (AvgIpc) is 2.80. The van der Waals surface area contributed by atoms with E-state index in [9.17, 15) is 9.90 Å². The summed E-state index contributed by atoms with van der Waals surface area (Å²) < 4.78 is 12.6. The molecule has 3 rings (SSSR count). The molecule has 1 N–H and O–H groups in total. The van der Waals surface area contributed by atoms with Crippen LogP contribution in [0.1, 0.15) is 48.4 Å². The highest BCUT2D eigenvalue weighted by Crippen LogP contribution is 2.41. The van der Waals surface area contributed by atoms with Gasteiger partial charge in [0.25, 0.3) is 0 Å². The fourth-order valence-electron chi connectivity index (χ4n) is 3.62. The number of aryl methyl sites for hydroxylation is 3. The number of benzene rings is 3. The summed E-state index contributed by atoms with van der Waals surface area (Å²) in [4.78, 5) is 11.5. The molecule has 174 valence electrons. The third-order valence-electron chi connectivity index (χ3n) is 5.46. The number of ether oxygens (including phenoxy) is 2. The van der Waals surface area contributed by atoms with Crippen molar-refractivity contribution in [2.75, 3.05) is 7.11 Å². The number of rotatable bonds is 9. The molecule has 3 aromatic carbocycles. The molecule has 4 nitrogen and oxygen atoms in total. The summed E-state index contributed by atoms with van der Waals surface area (Å²) in [6, 6.07) is 17.9. The minimum Gasteiger partial charge on any atom is -0.507 e. The summed E-state index contributed by atoms with van der Waals surface area (Å²) in [5.41, 5.74) is 3.94. The molecule has 0 bridgehead atoms. The van der Waals surface area contributed by atoms with Gasteiger partial charge in [0.05, 0.1) is 16.1 Å². The Morgan fingerprint density at radius 1 is 0.939 bits per heavy atom. The van der Waals surface area contributed by atoms with Gasteiger partial charge in [-0.05, 0) is 98.0 Å². The zero-order valence-electron chi connectivity index (χ0n) is 19.0. The standard InChI is InChI=1S/C27H28Br2O4/c1-17(2)22-16-21(15-20(26(22)31)11-9-18-7-5-4-6-8-18)33-27-23(28)13-19(14-24(27)29)10-12-25(30)32-3/h4-8,13-17,31H,9-12H2,1-3H3. The summed E-state index contributed by atoms with van der Waals surface area (Å²) in [5.74, 6) is 1.56. The second kappa shape index (κ2) is 11.7. The van der Waals surface area contributed by atoms with Gasteiger partial charge in [-0.15, -0.1) is 0 Å². The molecule has 0 aromatic heterocycles. The van der Waals surface area contributed by atoms with Gasteiger partial charge in [0.15, 0.2) is 5.75 Å². The van der Waals surface area contributed by atoms with Crippen molar-refractivity contribution < 1.29 is 19.4 Å². The van der Waals surface area contributed by atoms with Gasteiger partial charge in [-0.1, -0.05) is 44.2 Å². The van der Waals surface area contributed by atoms with Crippen LogP contribution in [0.3, 0.4) is 0 Å². The van der Waals surface area contributed by atoms with Gasteiger partial charge >= 0.3 is 5.97 Å². The fourth-order valence-corrected chi connectivity index (χ4v) is 5.07.